The molecule has 0 unspecified atom stereocenters. The molecule has 8 rings (SSSR count). The van der Waals surface area contributed by atoms with Gasteiger partial charge in [-0.25, -0.2) is 18.4 Å². The fourth-order valence-corrected chi connectivity index (χ4v) is 9.93. The van der Waals surface area contributed by atoms with Crippen LogP contribution in [0.4, 0.5) is 10.5 Å². The van der Waals surface area contributed by atoms with Gasteiger partial charge in [0.1, 0.15) is 17.0 Å². The molecular weight excluding hydrogens is 647 g/mol. The van der Waals surface area contributed by atoms with Crippen molar-refractivity contribution in [1.82, 2.24) is 14.5 Å². The number of hydrogen-bond acceptors (Lipinski definition) is 5. The lowest BCUT2D eigenvalue weighted by molar-refractivity contribution is 0.179. The number of carbonyl (C=O) groups is 1. The number of nitrogens with one attached hydrogen (secondary N) is 2. The summed E-state index contributed by atoms with van der Waals surface area (Å²) in [4.78, 5) is 14.7. The second-order valence-corrected chi connectivity index (χ2v) is 15.3. The average molecular weight is 688 g/mol. The summed E-state index contributed by atoms with van der Waals surface area (Å²) in [6, 6.07) is 31.2. The SMILES string of the molecule is COC[C@H]1CCc2cc3c(c(NC(=O)N=[S@@](=O)(NC(c4ccccc4)(c4ccccc4)c4ccccc4)c4cnn5c4OC[C@H]5C)c21)CCC3. The van der Waals surface area contributed by atoms with Gasteiger partial charge in [0.05, 0.1) is 18.8 Å². The third kappa shape index (κ3) is 5.52. The lowest BCUT2D eigenvalue weighted by Gasteiger charge is -2.37. The molecule has 0 spiro atoms. The van der Waals surface area contributed by atoms with Crippen molar-refractivity contribution >= 4 is 21.6 Å². The summed E-state index contributed by atoms with van der Waals surface area (Å²) >= 11 is 0. The molecule has 1 aliphatic heterocycles. The first-order valence-electron chi connectivity index (χ1n) is 17.3. The number of aromatic nitrogens is 2. The van der Waals surface area contributed by atoms with E-state index in [0.717, 1.165) is 65.6 Å². The molecule has 5 aromatic rings. The van der Waals surface area contributed by atoms with Crippen LogP contribution in [-0.2, 0) is 39.5 Å². The van der Waals surface area contributed by atoms with Crippen LogP contribution in [0.5, 0.6) is 5.88 Å². The Kier molecular flexibility index (Phi) is 8.54. The normalized spacial score (nSPS) is 18.8. The fraction of sp³-hybridized carbons (Fsp3) is 0.300. The Bertz CT molecular complexity index is 2060. The van der Waals surface area contributed by atoms with E-state index in [1.54, 1.807) is 11.8 Å². The molecule has 0 fully saturated rings. The van der Waals surface area contributed by atoms with Gasteiger partial charge in [-0.2, -0.15) is 5.10 Å². The third-order valence-corrected chi connectivity index (χ3v) is 12.2. The summed E-state index contributed by atoms with van der Waals surface area (Å²) in [6.45, 7) is 2.93. The zero-order chi connectivity index (χ0) is 34.3. The van der Waals surface area contributed by atoms with Gasteiger partial charge in [-0.05, 0) is 78.0 Å². The molecule has 2 aliphatic carbocycles. The number of anilines is 1. The highest BCUT2D eigenvalue weighted by molar-refractivity contribution is 7.92. The molecule has 9 nitrogen and oxygen atoms in total. The number of urea groups is 1. The van der Waals surface area contributed by atoms with Crippen molar-refractivity contribution in [2.75, 3.05) is 25.6 Å². The highest BCUT2D eigenvalue weighted by Gasteiger charge is 2.43. The maximum Gasteiger partial charge on any atom is 0.354 e. The van der Waals surface area contributed by atoms with Gasteiger partial charge in [-0.1, -0.05) is 97.1 Å². The summed E-state index contributed by atoms with van der Waals surface area (Å²) in [7, 11) is -2.10. The summed E-state index contributed by atoms with van der Waals surface area (Å²) in [5, 5.41) is 7.76. The molecule has 0 bridgehead atoms. The molecule has 256 valence electrons. The number of hydrogen-bond donors (Lipinski definition) is 2. The molecule has 2 N–H and O–H groups in total. The first-order chi connectivity index (χ1) is 24.4. The molecule has 0 saturated heterocycles. The minimum atomic E-state index is -3.82. The van der Waals surface area contributed by atoms with E-state index < -0.39 is 21.5 Å². The van der Waals surface area contributed by atoms with Gasteiger partial charge >= 0.3 is 6.03 Å². The largest absolute Gasteiger partial charge is 0.475 e. The maximum atomic E-state index is 16.0. The fourth-order valence-electron chi connectivity index (χ4n) is 8.05. The minimum Gasteiger partial charge on any atom is -0.475 e. The smallest absolute Gasteiger partial charge is 0.354 e. The van der Waals surface area contributed by atoms with E-state index in [1.807, 2.05) is 97.9 Å². The lowest BCUT2D eigenvalue weighted by Crippen LogP contribution is -2.48. The minimum absolute atomic E-state index is 0.0643. The van der Waals surface area contributed by atoms with E-state index in [-0.39, 0.29) is 16.9 Å². The predicted molar refractivity (Wildman–Crippen MR) is 194 cm³/mol. The molecule has 0 saturated carbocycles. The summed E-state index contributed by atoms with van der Waals surface area (Å²) < 4.78 is 37.6. The van der Waals surface area contributed by atoms with Crippen molar-refractivity contribution in [3.63, 3.8) is 0 Å². The Morgan fingerprint density at radius 2 is 1.60 bits per heavy atom. The molecule has 2 amide bonds. The Balaban J connectivity index is 1.33. The van der Waals surface area contributed by atoms with Crippen LogP contribution in [0.15, 0.2) is 113 Å². The summed E-state index contributed by atoms with van der Waals surface area (Å²) in [6.07, 6.45) is 6.28. The van der Waals surface area contributed by atoms with Crippen molar-refractivity contribution in [1.29, 1.82) is 0 Å². The number of aryl methyl sites for hydroxylation is 2. The van der Waals surface area contributed by atoms with Crippen LogP contribution in [0.3, 0.4) is 0 Å². The Hall–Kier alpha value is -4.77. The third-order valence-electron chi connectivity index (χ3n) is 10.3. The number of rotatable bonds is 9. The van der Waals surface area contributed by atoms with E-state index in [2.05, 4.69) is 25.6 Å². The van der Waals surface area contributed by atoms with E-state index in [1.165, 1.54) is 17.3 Å². The van der Waals surface area contributed by atoms with Crippen LogP contribution >= 0.6 is 0 Å². The zero-order valence-corrected chi connectivity index (χ0v) is 29.1. The van der Waals surface area contributed by atoms with Crippen LogP contribution in [-0.4, -0.2) is 40.3 Å². The Morgan fingerprint density at radius 3 is 2.22 bits per heavy atom. The van der Waals surface area contributed by atoms with E-state index in [0.29, 0.717) is 19.1 Å². The topological polar surface area (TPSA) is 107 Å². The molecule has 4 aromatic carbocycles. The van der Waals surface area contributed by atoms with E-state index in [4.69, 9.17) is 9.47 Å². The molecule has 1 aromatic heterocycles. The van der Waals surface area contributed by atoms with Gasteiger partial charge < -0.3 is 14.8 Å². The van der Waals surface area contributed by atoms with Gasteiger partial charge in [0.25, 0.3) is 0 Å². The summed E-state index contributed by atoms with van der Waals surface area (Å²) in [5.74, 6) is 0.505. The number of ether oxygens (including phenoxy) is 2. The van der Waals surface area contributed by atoms with Crippen molar-refractivity contribution in [2.24, 2.45) is 4.36 Å². The summed E-state index contributed by atoms with van der Waals surface area (Å²) in [5.41, 5.74) is 6.88. The van der Waals surface area contributed by atoms with Crippen molar-refractivity contribution in [3.05, 3.63) is 142 Å². The highest BCUT2D eigenvalue weighted by atomic mass is 32.2. The number of benzene rings is 4. The van der Waals surface area contributed by atoms with Crippen molar-refractivity contribution in [2.45, 2.75) is 61.4 Å². The predicted octanol–water partition coefficient (Wildman–Crippen LogP) is 7.56. The van der Waals surface area contributed by atoms with Gasteiger partial charge in [0, 0.05) is 18.7 Å². The molecule has 50 heavy (non-hydrogen) atoms. The standard InChI is InChI=1S/C40H41N5O4S/c1-27-25-49-38-35(24-41-45(27)38)50(47,43-39(46)42-37-34-20-12-13-28(34)23-29-21-22-30(26-48-2)36(29)37)44-40(31-14-6-3-7-15-31,32-16-8-4-9-17-32)33-18-10-5-11-19-33/h3-11,14-19,23-24,27,30H,12-13,20-22,25-26H2,1-2H3,(H2,42,43,44,46,47)/t27-,30-,50-/m1/s1. The van der Waals surface area contributed by atoms with Gasteiger partial charge in [0.2, 0.25) is 5.88 Å². The van der Waals surface area contributed by atoms with Gasteiger partial charge in [-0.3, -0.25) is 0 Å². The van der Waals surface area contributed by atoms with Gasteiger partial charge in [0.15, 0.2) is 9.92 Å². The number of fused-ring (bicyclic) bond motifs is 3. The quantitative estimate of drug-likeness (QED) is 0.156. The number of methoxy groups -OCH3 is 1. The molecule has 2 heterocycles. The van der Waals surface area contributed by atoms with E-state index >= 15 is 4.21 Å². The Morgan fingerprint density at radius 1 is 0.960 bits per heavy atom. The first kappa shape index (κ1) is 32.4. The van der Waals surface area contributed by atoms with Crippen molar-refractivity contribution < 1.29 is 18.5 Å². The monoisotopic (exact) mass is 687 g/mol. The molecule has 0 radical (unpaired) electrons. The second-order valence-electron chi connectivity index (χ2n) is 13.4. The maximum absolute atomic E-state index is 16.0. The highest BCUT2D eigenvalue weighted by Crippen LogP contribution is 2.45. The molecule has 3 aliphatic rings. The number of carbonyl (C=O) groups excluding carboxylic acids is 1. The van der Waals surface area contributed by atoms with Crippen LogP contribution in [0.25, 0.3) is 0 Å². The molecule has 3 atom stereocenters. The van der Waals surface area contributed by atoms with Crippen LogP contribution in [0, 0.1) is 0 Å². The lowest BCUT2D eigenvalue weighted by atomic mass is 9.78. The molecular formula is C40H41N5O4S. The number of nitrogens with zero attached hydrogens (tertiary/aromatic N) is 3. The number of amides is 2. The van der Waals surface area contributed by atoms with E-state index in [9.17, 15) is 4.79 Å². The zero-order valence-electron chi connectivity index (χ0n) is 28.3. The second kappa shape index (κ2) is 13.2. The Labute approximate surface area is 293 Å². The van der Waals surface area contributed by atoms with Gasteiger partial charge in [-0.15, -0.1) is 4.36 Å². The van der Waals surface area contributed by atoms with Crippen LogP contribution in [0.1, 0.15) is 70.7 Å². The first-order valence-corrected chi connectivity index (χ1v) is 18.8. The van der Waals surface area contributed by atoms with Crippen LogP contribution < -0.4 is 14.8 Å². The average Bonchev–Trinajstić information content (AvgIpc) is 3.95. The van der Waals surface area contributed by atoms with Crippen LogP contribution in [0.2, 0.25) is 0 Å². The van der Waals surface area contributed by atoms with Crippen molar-refractivity contribution in [3.8, 4) is 5.88 Å². The molecule has 10 heteroatoms.